The topological polar surface area (TPSA) is 60.6 Å². The SMILES string of the molecule is COCc1nnc(CN(C2CC2)C2CCCOc3ccc(C)cc32)o1. The summed E-state index contributed by atoms with van der Waals surface area (Å²) in [6, 6.07) is 7.43. The third-order valence-electron chi connectivity index (χ3n) is 4.91. The lowest BCUT2D eigenvalue weighted by Crippen LogP contribution is -2.30. The van der Waals surface area contributed by atoms with Gasteiger partial charge in [-0.15, -0.1) is 10.2 Å². The third kappa shape index (κ3) is 3.70. The van der Waals surface area contributed by atoms with Crippen molar-refractivity contribution in [1.29, 1.82) is 0 Å². The normalized spacial score (nSPS) is 20.2. The van der Waals surface area contributed by atoms with Crippen molar-refractivity contribution in [3.8, 4) is 5.75 Å². The summed E-state index contributed by atoms with van der Waals surface area (Å²) in [5.74, 6) is 2.22. The maximum Gasteiger partial charge on any atom is 0.242 e. The molecule has 6 nitrogen and oxygen atoms in total. The molecule has 1 aliphatic heterocycles. The summed E-state index contributed by atoms with van der Waals surface area (Å²) in [5.41, 5.74) is 2.56. The number of ether oxygens (including phenoxy) is 2. The van der Waals surface area contributed by atoms with Crippen LogP contribution in [0.15, 0.2) is 22.6 Å². The molecule has 0 N–H and O–H groups in total. The van der Waals surface area contributed by atoms with Crippen molar-refractivity contribution in [2.24, 2.45) is 0 Å². The predicted molar refractivity (Wildman–Crippen MR) is 92.2 cm³/mol. The summed E-state index contributed by atoms with van der Waals surface area (Å²) in [6.45, 7) is 3.96. The van der Waals surface area contributed by atoms with Crippen LogP contribution in [0, 0.1) is 6.92 Å². The van der Waals surface area contributed by atoms with Crippen molar-refractivity contribution in [3.05, 3.63) is 41.1 Å². The van der Waals surface area contributed by atoms with Crippen LogP contribution in [-0.2, 0) is 17.9 Å². The van der Waals surface area contributed by atoms with Gasteiger partial charge in [-0.05, 0) is 38.7 Å². The minimum Gasteiger partial charge on any atom is -0.493 e. The fraction of sp³-hybridized carbons (Fsp3) is 0.579. The van der Waals surface area contributed by atoms with E-state index >= 15 is 0 Å². The lowest BCUT2D eigenvalue weighted by Gasteiger charge is -2.31. The van der Waals surface area contributed by atoms with E-state index in [1.165, 1.54) is 24.0 Å². The van der Waals surface area contributed by atoms with Crippen molar-refractivity contribution in [1.82, 2.24) is 15.1 Å². The molecule has 2 aliphatic rings. The number of benzene rings is 1. The van der Waals surface area contributed by atoms with E-state index in [0.717, 1.165) is 25.2 Å². The molecule has 1 aromatic carbocycles. The molecule has 134 valence electrons. The van der Waals surface area contributed by atoms with Gasteiger partial charge in [-0.2, -0.15) is 0 Å². The number of aromatic nitrogens is 2. The Morgan fingerprint density at radius 3 is 2.84 bits per heavy atom. The second-order valence-corrected chi connectivity index (χ2v) is 6.97. The van der Waals surface area contributed by atoms with E-state index in [2.05, 4.69) is 40.2 Å². The first-order valence-corrected chi connectivity index (χ1v) is 9.04. The molecule has 0 amide bonds. The van der Waals surface area contributed by atoms with Crippen LogP contribution in [-0.4, -0.2) is 34.9 Å². The number of hydrogen-bond acceptors (Lipinski definition) is 6. The van der Waals surface area contributed by atoms with Gasteiger partial charge in [0.15, 0.2) is 0 Å². The molecule has 0 bridgehead atoms. The molecule has 2 heterocycles. The first kappa shape index (κ1) is 16.5. The molecule has 1 aromatic heterocycles. The minimum atomic E-state index is 0.336. The Balaban J connectivity index is 1.61. The highest BCUT2D eigenvalue weighted by Gasteiger charge is 2.37. The van der Waals surface area contributed by atoms with E-state index in [-0.39, 0.29) is 0 Å². The maximum atomic E-state index is 5.98. The van der Waals surface area contributed by atoms with Crippen LogP contribution in [0.4, 0.5) is 0 Å². The van der Waals surface area contributed by atoms with E-state index < -0.39 is 0 Å². The average molecular weight is 343 g/mol. The second-order valence-electron chi connectivity index (χ2n) is 6.97. The van der Waals surface area contributed by atoms with Gasteiger partial charge in [0.05, 0.1) is 13.2 Å². The van der Waals surface area contributed by atoms with E-state index in [4.69, 9.17) is 13.9 Å². The Labute approximate surface area is 148 Å². The van der Waals surface area contributed by atoms with E-state index in [9.17, 15) is 0 Å². The summed E-state index contributed by atoms with van der Waals surface area (Å²) in [5, 5.41) is 8.27. The zero-order chi connectivity index (χ0) is 17.2. The quantitative estimate of drug-likeness (QED) is 0.801. The van der Waals surface area contributed by atoms with Crippen molar-refractivity contribution in [3.63, 3.8) is 0 Å². The third-order valence-corrected chi connectivity index (χ3v) is 4.91. The largest absolute Gasteiger partial charge is 0.493 e. The molecule has 1 fully saturated rings. The smallest absolute Gasteiger partial charge is 0.242 e. The van der Waals surface area contributed by atoms with Crippen molar-refractivity contribution in [2.45, 2.75) is 57.8 Å². The Morgan fingerprint density at radius 2 is 2.04 bits per heavy atom. The summed E-state index contributed by atoms with van der Waals surface area (Å²) in [6.07, 6.45) is 4.61. The van der Waals surface area contributed by atoms with E-state index in [1.807, 2.05) is 0 Å². The highest BCUT2D eigenvalue weighted by molar-refractivity contribution is 5.40. The molecule has 6 heteroatoms. The van der Waals surface area contributed by atoms with Gasteiger partial charge in [-0.25, -0.2) is 0 Å². The molecule has 0 saturated heterocycles. The Kier molecular flexibility index (Phi) is 4.72. The molecule has 1 saturated carbocycles. The van der Waals surface area contributed by atoms with Gasteiger partial charge in [0, 0.05) is 24.8 Å². The van der Waals surface area contributed by atoms with Gasteiger partial charge < -0.3 is 13.9 Å². The molecule has 1 atom stereocenters. The monoisotopic (exact) mass is 343 g/mol. The zero-order valence-corrected chi connectivity index (χ0v) is 14.9. The van der Waals surface area contributed by atoms with Crippen LogP contribution in [0.3, 0.4) is 0 Å². The molecule has 0 spiro atoms. The fourth-order valence-electron chi connectivity index (χ4n) is 3.61. The van der Waals surface area contributed by atoms with Crippen LogP contribution in [0.5, 0.6) is 5.75 Å². The number of rotatable bonds is 6. The van der Waals surface area contributed by atoms with Crippen LogP contribution in [0.1, 0.15) is 54.6 Å². The number of fused-ring (bicyclic) bond motifs is 1. The van der Waals surface area contributed by atoms with Gasteiger partial charge in [0.25, 0.3) is 0 Å². The molecule has 1 unspecified atom stereocenters. The van der Waals surface area contributed by atoms with Gasteiger partial charge >= 0.3 is 0 Å². The van der Waals surface area contributed by atoms with E-state index in [1.54, 1.807) is 7.11 Å². The molecule has 0 radical (unpaired) electrons. The van der Waals surface area contributed by atoms with Gasteiger partial charge in [-0.1, -0.05) is 17.7 Å². The highest BCUT2D eigenvalue weighted by Crippen LogP contribution is 2.42. The molecule has 2 aromatic rings. The summed E-state index contributed by atoms with van der Waals surface area (Å²) in [7, 11) is 1.63. The maximum absolute atomic E-state index is 5.98. The molecule has 1 aliphatic carbocycles. The van der Waals surface area contributed by atoms with Crippen LogP contribution >= 0.6 is 0 Å². The van der Waals surface area contributed by atoms with Crippen LogP contribution in [0.25, 0.3) is 0 Å². The summed E-state index contributed by atoms with van der Waals surface area (Å²) < 4.78 is 16.8. The lowest BCUT2D eigenvalue weighted by atomic mass is 9.98. The number of nitrogens with zero attached hydrogens (tertiary/aromatic N) is 3. The average Bonchev–Trinajstić information content (AvgIpc) is 3.38. The Hall–Kier alpha value is -1.92. The Bertz CT molecular complexity index is 726. The van der Waals surface area contributed by atoms with Crippen molar-refractivity contribution in [2.75, 3.05) is 13.7 Å². The summed E-state index contributed by atoms with van der Waals surface area (Å²) in [4.78, 5) is 2.52. The number of aryl methyl sites for hydroxylation is 1. The summed E-state index contributed by atoms with van der Waals surface area (Å²) >= 11 is 0. The lowest BCUT2D eigenvalue weighted by molar-refractivity contribution is 0.138. The van der Waals surface area contributed by atoms with E-state index in [0.29, 0.717) is 37.0 Å². The first-order chi connectivity index (χ1) is 12.2. The predicted octanol–water partition coefficient (Wildman–Crippen LogP) is 3.40. The molecule has 25 heavy (non-hydrogen) atoms. The first-order valence-electron chi connectivity index (χ1n) is 9.04. The second kappa shape index (κ2) is 7.14. The Morgan fingerprint density at radius 1 is 1.20 bits per heavy atom. The van der Waals surface area contributed by atoms with Crippen LogP contribution < -0.4 is 4.74 Å². The minimum absolute atomic E-state index is 0.336. The van der Waals surface area contributed by atoms with Gasteiger partial charge in [-0.3, -0.25) is 4.90 Å². The highest BCUT2D eigenvalue weighted by atomic mass is 16.5. The standard InChI is InChI=1S/C19H25N3O3/c1-13-5-8-17-15(10-13)16(4-3-9-24-17)22(14-6-7-14)11-18-20-21-19(25-18)12-23-2/h5,8,10,14,16H,3-4,6-7,9,11-12H2,1-2H3. The molecule has 4 rings (SSSR count). The van der Waals surface area contributed by atoms with Crippen molar-refractivity contribution < 1.29 is 13.9 Å². The zero-order valence-electron chi connectivity index (χ0n) is 14.9. The number of hydrogen-bond donors (Lipinski definition) is 0. The van der Waals surface area contributed by atoms with Gasteiger partial charge in [0.1, 0.15) is 12.4 Å². The van der Waals surface area contributed by atoms with Crippen LogP contribution in [0.2, 0.25) is 0 Å². The van der Waals surface area contributed by atoms with Gasteiger partial charge in [0.2, 0.25) is 11.8 Å². The fourth-order valence-corrected chi connectivity index (χ4v) is 3.61. The number of methoxy groups -OCH3 is 1. The molecular formula is C19H25N3O3. The molecular weight excluding hydrogens is 318 g/mol. The van der Waals surface area contributed by atoms with Crippen molar-refractivity contribution >= 4 is 0 Å².